The molecule has 0 saturated heterocycles. The topological polar surface area (TPSA) is 37.9 Å². The lowest BCUT2D eigenvalue weighted by atomic mass is 10.1. The van der Waals surface area contributed by atoms with Crippen molar-refractivity contribution in [3.05, 3.63) is 34.7 Å². The molecule has 0 radical (unpaired) electrons. The Bertz CT molecular complexity index is 503. The average molecular weight is 295 g/mol. The lowest BCUT2D eigenvalue weighted by Crippen LogP contribution is -2.05. The predicted octanol–water partition coefficient (Wildman–Crippen LogP) is 3.93. The van der Waals surface area contributed by atoms with Crippen LogP contribution < -0.4 is 4.74 Å². The van der Waals surface area contributed by atoms with Crippen molar-refractivity contribution in [3.63, 3.8) is 0 Å². The van der Waals surface area contributed by atoms with Crippen molar-refractivity contribution in [1.82, 2.24) is 9.97 Å². The molecule has 0 aliphatic rings. The molecule has 0 atom stereocenters. The minimum absolute atomic E-state index is 0.195. The number of ether oxygens (including phenoxy) is 1. The molecule has 2 rings (SSSR count). The molecule has 1 aromatic heterocycles. The van der Waals surface area contributed by atoms with Gasteiger partial charge >= 0.3 is 0 Å². The third-order valence-electron chi connectivity index (χ3n) is 2.28. The highest BCUT2D eigenvalue weighted by atomic mass is 79.9. The normalized spacial score (nSPS) is 10.9. The highest BCUT2D eigenvalue weighted by Crippen LogP contribution is 2.27. The summed E-state index contributed by atoms with van der Waals surface area (Å²) in [7, 11) is 0. The van der Waals surface area contributed by atoms with E-state index in [0.29, 0.717) is 0 Å². The quantitative estimate of drug-likeness (QED) is 0.931. The SMILES string of the molecule is Cc1nc(-c2ccc(OC(C)C)cc2)c(Br)[nH]1. The molecule has 0 aliphatic carbocycles. The van der Waals surface area contributed by atoms with Crippen LogP contribution in [0, 0.1) is 6.92 Å². The Labute approximate surface area is 109 Å². The number of aromatic amines is 1. The Hall–Kier alpha value is -1.29. The summed E-state index contributed by atoms with van der Waals surface area (Å²) in [4.78, 5) is 7.55. The number of rotatable bonds is 3. The Kier molecular flexibility index (Phi) is 3.52. The first-order valence-electron chi connectivity index (χ1n) is 5.55. The van der Waals surface area contributed by atoms with Gasteiger partial charge in [0.05, 0.1) is 6.10 Å². The number of aryl methyl sites for hydroxylation is 1. The van der Waals surface area contributed by atoms with Crippen molar-refractivity contribution in [3.8, 4) is 17.0 Å². The first-order valence-corrected chi connectivity index (χ1v) is 6.35. The third kappa shape index (κ3) is 2.88. The molecule has 0 saturated carbocycles. The van der Waals surface area contributed by atoms with Crippen molar-refractivity contribution < 1.29 is 4.74 Å². The Morgan fingerprint density at radius 2 is 1.88 bits per heavy atom. The number of aromatic nitrogens is 2. The second-order valence-corrected chi connectivity index (χ2v) is 4.97. The molecule has 3 nitrogen and oxygen atoms in total. The van der Waals surface area contributed by atoms with E-state index in [1.165, 1.54) is 0 Å². The summed E-state index contributed by atoms with van der Waals surface area (Å²) in [6, 6.07) is 7.95. The van der Waals surface area contributed by atoms with Gasteiger partial charge in [0.15, 0.2) is 0 Å². The molecule has 0 amide bonds. The molecule has 1 aromatic carbocycles. The first-order chi connectivity index (χ1) is 8.06. The molecule has 2 aromatic rings. The van der Waals surface area contributed by atoms with Gasteiger partial charge in [0.2, 0.25) is 0 Å². The standard InChI is InChI=1S/C13H15BrN2O/c1-8(2)17-11-6-4-10(5-7-11)12-13(14)16-9(3)15-12/h4-8H,1-3H3,(H,15,16). The molecular formula is C13H15BrN2O. The van der Waals surface area contributed by atoms with E-state index in [4.69, 9.17) is 4.74 Å². The van der Waals surface area contributed by atoms with E-state index in [2.05, 4.69) is 25.9 Å². The predicted molar refractivity (Wildman–Crippen MR) is 72.2 cm³/mol. The van der Waals surface area contributed by atoms with Gasteiger partial charge in [-0.1, -0.05) is 0 Å². The summed E-state index contributed by atoms with van der Waals surface area (Å²) < 4.78 is 6.51. The van der Waals surface area contributed by atoms with Crippen LogP contribution in [0.4, 0.5) is 0 Å². The summed E-state index contributed by atoms with van der Waals surface area (Å²) in [6.45, 7) is 5.97. The summed E-state index contributed by atoms with van der Waals surface area (Å²) in [5.41, 5.74) is 2.00. The van der Waals surface area contributed by atoms with E-state index in [1.54, 1.807) is 0 Å². The number of H-pyrrole nitrogens is 1. The molecule has 0 spiro atoms. The van der Waals surface area contributed by atoms with Crippen molar-refractivity contribution in [2.45, 2.75) is 26.9 Å². The summed E-state index contributed by atoms with van der Waals surface area (Å²) in [5, 5.41) is 0. The zero-order valence-electron chi connectivity index (χ0n) is 10.1. The van der Waals surface area contributed by atoms with Gasteiger partial charge < -0.3 is 9.72 Å². The van der Waals surface area contributed by atoms with Crippen LogP contribution in [0.2, 0.25) is 0 Å². The molecule has 17 heavy (non-hydrogen) atoms. The van der Waals surface area contributed by atoms with Crippen molar-refractivity contribution in [2.24, 2.45) is 0 Å². The molecule has 0 fully saturated rings. The second kappa shape index (κ2) is 4.92. The first kappa shape index (κ1) is 12.2. The van der Waals surface area contributed by atoms with E-state index in [-0.39, 0.29) is 6.10 Å². The maximum atomic E-state index is 5.60. The largest absolute Gasteiger partial charge is 0.491 e. The van der Waals surface area contributed by atoms with Gasteiger partial charge in [0, 0.05) is 5.56 Å². The number of halogens is 1. The van der Waals surface area contributed by atoms with E-state index in [9.17, 15) is 0 Å². The molecule has 0 aliphatic heterocycles. The van der Waals surface area contributed by atoms with Crippen molar-refractivity contribution in [2.75, 3.05) is 0 Å². The van der Waals surface area contributed by atoms with E-state index >= 15 is 0 Å². The van der Waals surface area contributed by atoms with Crippen LogP contribution in [0.15, 0.2) is 28.9 Å². The number of imidazole rings is 1. The monoisotopic (exact) mass is 294 g/mol. The lowest BCUT2D eigenvalue weighted by molar-refractivity contribution is 0.242. The molecule has 4 heteroatoms. The number of benzene rings is 1. The van der Waals surface area contributed by atoms with Crippen molar-refractivity contribution in [1.29, 1.82) is 0 Å². The van der Waals surface area contributed by atoms with Crippen LogP contribution in [-0.2, 0) is 0 Å². The third-order valence-corrected chi connectivity index (χ3v) is 2.85. The van der Waals surface area contributed by atoms with Gasteiger partial charge in [-0.25, -0.2) is 4.98 Å². The zero-order chi connectivity index (χ0) is 12.4. The van der Waals surface area contributed by atoms with E-state index in [1.807, 2.05) is 45.0 Å². The fourth-order valence-electron chi connectivity index (χ4n) is 1.62. The van der Waals surface area contributed by atoms with Gasteiger partial charge in [-0.2, -0.15) is 0 Å². The zero-order valence-corrected chi connectivity index (χ0v) is 11.7. The highest BCUT2D eigenvalue weighted by molar-refractivity contribution is 9.10. The maximum Gasteiger partial charge on any atom is 0.119 e. The Morgan fingerprint density at radius 3 is 2.35 bits per heavy atom. The van der Waals surface area contributed by atoms with Crippen LogP contribution in [0.1, 0.15) is 19.7 Å². The maximum absolute atomic E-state index is 5.60. The number of hydrogen-bond acceptors (Lipinski definition) is 2. The van der Waals surface area contributed by atoms with Crippen LogP contribution in [0.3, 0.4) is 0 Å². The summed E-state index contributed by atoms with van der Waals surface area (Å²) >= 11 is 3.46. The molecule has 90 valence electrons. The van der Waals surface area contributed by atoms with Crippen LogP contribution in [0.5, 0.6) is 5.75 Å². The average Bonchev–Trinajstić information content (AvgIpc) is 2.58. The molecule has 0 bridgehead atoms. The van der Waals surface area contributed by atoms with Gasteiger partial charge in [0.25, 0.3) is 0 Å². The van der Waals surface area contributed by atoms with Crippen LogP contribution in [0.25, 0.3) is 11.3 Å². The summed E-state index contributed by atoms with van der Waals surface area (Å²) in [6.07, 6.45) is 0.195. The van der Waals surface area contributed by atoms with Gasteiger partial charge in [-0.05, 0) is 61.0 Å². The minimum Gasteiger partial charge on any atom is -0.491 e. The number of nitrogens with zero attached hydrogens (tertiary/aromatic N) is 1. The van der Waals surface area contributed by atoms with E-state index < -0.39 is 0 Å². The van der Waals surface area contributed by atoms with Gasteiger partial charge in [0.1, 0.15) is 21.9 Å². The van der Waals surface area contributed by atoms with Crippen LogP contribution in [-0.4, -0.2) is 16.1 Å². The van der Waals surface area contributed by atoms with E-state index in [0.717, 1.165) is 27.4 Å². The smallest absolute Gasteiger partial charge is 0.119 e. The fraction of sp³-hybridized carbons (Fsp3) is 0.308. The van der Waals surface area contributed by atoms with Gasteiger partial charge in [-0.15, -0.1) is 0 Å². The van der Waals surface area contributed by atoms with Gasteiger partial charge in [-0.3, -0.25) is 0 Å². The lowest BCUT2D eigenvalue weighted by Gasteiger charge is -2.09. The Balaban J connectivity index is 2.26. The molecule has 1 N–H and O–H groups in total. The minimum atomic E-state index is 0.195. The molecular weight excluding hydrogens is 280 g/mol. The van der Waals surface area contributed by atoms with Crippen molar-refractivity contribution >= 4 is 15.9 Å². The summed E-state index contributed by atoms with van der Waals surface area (Å²) in [5.74, 6) is 1.78. The Morgan fingerprint density at radius 1 is 1.24 bits per heavy atom. The fourth-order valence-corrected chi connectivity index (χ4v) is 2.22. The number of hydrogen-bond donors (Lipinski definition) is 1. The van der Waals surface area contributed by atoms with Crippen LogP contribution >= 0.6 is 15.9 Å². The number of nitrogens with one attached hydrogen (secondary N) is 1. The molecule has 0 unspecified atom stereocenters. The highest BCUT2D eigenvalue weighted by Gasteiger charge is 2.08. The molecule has 1 heterocycles. The second-order valence-electron chi connectivity index (χ2n) is 4.18.